The van der Waals surface area contributed by atoms with Gasteiger partial charge in [-0.1, -0.05) is 158 Å². The van der Waals surface area contributed by atoms with Crippen LogP contribution in [-0.4, -0.2) is 68.5 Å². The van der Waals surface area contributed by atoms with Gasteiger partial charge in [0.1, 0.15) is 13.2 Å². The summed E-state index contributed by atoms with van der Waals surface area (Å²) >= 11 is 0. The van der Waals surface area contributed by atoms with Crippen LogP contribution in [0.3, 0.4) is 0 Å². The monoisotopic (exact) mass is 765 g/mol. The lowest BCUT2D eigenvalue weighted by Gasteiger charge is -2.29. The highest BCUT2D eigenvalue weighted by molar-refractivity contribution is 7.45. The smallest absolute Gasteiger partial charge is 0.268 e. The topological polar surface area (TPSA) is 108 Å². The fourth-order valence-electron chi connectivity index (χ4n) is 5.61. The van der Waals surface area contributed by atoms with Gasteiger partial charge in [0.2, 0.25) is 5.91 Å². The van der Waals surface area contributed by atoms with Crippen LogP contribution in [0.5, 0.6) is 0 Å². The molecule has 0 aliphatic carbocycles. The minimum absolute atomic E-state index is 0.0117. The van der Waals surface area contributed by atoms with Crippen molar-refractivity contribution in [3.63, 3.8) is 0 Å². The van der Waals surface area contributed by atoms with Crippen molar-refractivity contribution in [2.75, 3.05) is 40.9 Å². The Morgan fingerprint density at radius 3 is 1.68 bits per heavy atom. The number of nitrogens with one attached hydrogen (secondary N) is 1. The Balaban J connectivity index is 4.56. The van der Waals surface area contributed by atoms with Crippen molar-refractivity contribution in [3.8, 4) is 0 Å². The molecule has 0 bridgehead atoms. The summed E-state index contributed by atoms with van der Waals surface area (Å²) in [5.41, 5.74) is 0. The SMILES string of the molecule is CC/C=C\C/C=C\C/C=C\C/C=C\CCCCC(=O)NC(COP(=O)([O-])OCC[N+](C)(C)C)C(O)/C=C/CCCCCCCCCCCCCCCC. The molecule has 0 heterocycles. The number of quaternary nitrogens is 1. The zero-order valence-corrected chi connectivity index (χ0v) is 35.6. The van der Waals surface area contributed by atoms with E-state index in [1.54, 1.807) is 6.08 Å². The zero-order chi connectivity index (χ0) is 39.3. The van der Waals surface area contributed by atoms with Crippen LogP contribution >= 0.6 is 7.82 Å². The Morgan fingerprint density at radius 2 is 1.15 bits per heavy atom. The lowest BCUT2D eigenvalue weighted by atomic mass is 10.0. The molecular formula is C44H81N2O6P. The Labute approximate surface area is 326 Å². The summed E-state index contributed by atoms with van der Waals surface area (Å²) < 4.78 is 23.1. The number of amides is 1. The molecule has 0 aliphatic heterocycles. The molecule has 8 nitrogen and oxygen atoms in total. The van der Waals surface area contributed by atoms with Crippen LogP contribution in [0.25, 0.3) is 0 Å². The molecule has 0 spiro atoms. The molecule has 9 heteroatoms. The first-order valence-electron chi connectivity index (χ1n) is 21.2. The third-order valence-electron chi connectivity index (χ3n) is 8.98. The number of hydrogen-bond acceptors (Lipinski definition) is 6. The van der Waals surface area contributed by atoms with E-state index in [2.05, 4.69) is 67.8 Å². The number of likely N-dealkylation sites (N-methyl/N-ethyl adjacent to an activating group) is 1. The molecule has 308 valence electrons. The van der Waals surface area contributed by atoms with Crippen molar-refractivity contribution in [1.82, 2.24) is 5.32 Å². The number of rotatable bonds is 37. The molecule has 0 saturated carbocycles. The maximum absolute atomic E-state index is 12.8. The van der Waals surface area contributed by atoms with Gasteiger partial charge in [-0.25, -0.2) is 0 Å². The average Bonchev–Trinajstić information content (AvgIpc) is 3.10. The highest BCUT2D eigenvalue weighted by Crippen LogP contribution is 2.38. The summed E-state index contributed by atoms with van der Waals surface area (Å²) in [6.45, 7) is 4.48. The molecule has 1 amide bonds. The van der Waals surface area contributed by atoms with Gasteiger partial charge in [-0.3, -0.25) is 9.36 Å². The first-order chi connectivity index (χ1) is 25.5. The van der Waals surface area contributed by atoms with E-state index in [1.807, 2.05) is 27.2 Å². The van der Waals surface area contributed by atoms with Crippen LogP contribution in [0.1, 0.15) is 162 Å². The zero-order valence-electron chi connectivity index (χ0n) is 34.7. The maximum Gasteiger partial charge on any atom is 0.268 e. The number of aliphatic hydroxyl groups excluding tert-OH is 1. The van der Waals surface area contributed by atoms with Crippen molar-refractivity contribution in [2.24, 2.45) is 0 Å². The van der Waals surface area contributed by atoms with Crippen LogP contribution in [0.2, 0.25) is 0 Å². The summed E-state index contributed by atoms with van der Waals surface area (Å²) in [4.78, 5) is 25.2. The predicted molar refractivity (Wildman–Crippen MR) is 224 cm³/mol. The molecule has 0 aromatic carbocycles. The van der Waals surface area contributed by atoms with Gasteiger partial charge < -0.3 is 28.8 Å². The fourth-order valence-corrected chi connectivity index (χ4v) is 6.33. The van der Waals surface area contributed by atoms with E-state index in [1.165, 1.54) is 77.0 Å². The van der Waals surface area contributed by atoms with Gasteiger partial charge in [-0.05, 0) is 57.8 Å². The van der Waals surface area contributed by atoms with Gasteiger partial charge in [0.05, 0.1) is 39.9 Å². The van der Waals surface area contributed by atoms with E-state index >= 15 is 0 Å². The standard InChI is InChI=1S/C44H81N2O6P/c1-6-8-10-12-14-16-18-20-22-24-25-27-29-31-33-35-37-43(47)42(41-52-53(49,50)51-40-39-46(3,4)5)45-44(48)38-36-34-32-30-28-26-23-21-19-17-15-13-11-9-7-2/h9,11,15,17,21,23,28,30,35,37,42-43,47H,6-8,10,12-14,16,18-20,22,24-27,29,31-34,36,38-41H2,1-5H3,(H-,45,48,49,50)/b11-9-,17-15-,23-21-,30-28-,37-35+. The molecule has 3 atom stereocenters. The molecule has 53 heavy (non-hydrogen) atoms. The second-order valence-electron chi connectivity index (χ2n) is 15.3. The molecule has 0 rings (SSSR count). The summed E-state index contributed by atoms with van der Waals surface area (Å²) in [5, 5.41) is 13.7. The van der Waals surface area contributed by atoms with Crippen molar-refractivity contribution >= 4 is 13.7 Å². The Morgan fingerprint density at radius 1 is 0.679 bits per heavy atom. The van der Waals surface area contributed by atoms with E-state index in [0.717, 1.165) is 57.8 Å². The number of allylic oxidation sites excluding steroid dienone is 9. The fraction of sp³-hybridized carbons (Fsp3) is 0.750. The van der Waals surface area contributed by atoms with Crippen LogP contribution in [0, 0.1) is 0 Å². The van der Waals surface area contributed by atoms with Crippen molar-refractivity contribution in [3.05, 3.63) is 60.8 Å². The normalized spacial score (nSPS) is 15.1. The van der Waals surface area contributed by atoms with E-state index in [0.29, 0.717) is 17.4 Å². The molecule has 2 N–H and O–H groups in total. The third kappa shape index (κ3) is 38.3. The lowest BCUT2D eigenvalue weighted by molar-refractivity contribution is -0.870. The van der Waals surface area contributed by atoms with E-state index in [9.17, 15) is 19.4 Å². The number of phosphoric ester groups is 1. The van der Waals surface area contributed by atoms with Gasteiger partial charge >= 0.3 is 0 Å². The predicted octanol–water partition coefficient (Wildman–Crippen LogP) is 10.8. The summed E-state index contributed by atoms with van der Waals surface area (Å²) in [5.74, 6) is -0.241. The molecular weight excluding hydrogens is 683 g/mol. The summed E-state index contributed by atoms with van der Waals surface area (Å²) in [7, 11) is 1.22. The average molecular weight is 765 g/mol. The molecule has 0 saturated heterocycles. The molecule has 3 unspecified atom stereocenters. The second-order valence-corrected chi connectivity index (χ2v) is 16.7. The van der Waals surface area contributed by atoms with Crippen LogP contribution in [-0.2, 0) is 18.4 Å². The molecule has 0 aromatic heterocycles. The number of carbonyl (C=O) groups excluding carboxylic acids is 1. The Bertz CT molecular complexity index is 1050. The number of phosphoric acid groups is 1. The largest absolute Gasteiger partial charge is 0.756 e. The highest BCUT2D eigenvalue weighted by atomic mass is 31.2. The number of nitrogens with zero attached hydrogens (tertiary/aromatic N) is 1. The Hall–Kier alpha value is -1.80. The molecule has 0 aliphatic rings. The van der Waals surface area contributed by atoms with Gasteiger partial charge in [-0.2, -0.15) is 0 Å². The minimum atomic E-state index is -4.60. The van der Waals surface area contributed by atoms with Crippen LogP contribution in [0.4, 0.5) is 0 Å². The van der Waals surface area contributed by atoms with Crippen molar-refractivity contribution < 1.29 is 32.9 Å². The highest BCUT2D eigenvalue weighted by Gasteiger charge is 2.23. The Kier molecular flexibility index (Phi) is 34.7. The molecule has 0 aromatic rings. The first kappa shape index (κ1) is 51.2. The third-order valence-corrected chi connectivity index (χ3v) is 9.95. The van der Waals surface area contributed by atoms with E-state index in [-0.39, 0.29) is 18.9 Å². The van der Waals surface area contributed by atoms with Crippen molar-refractivity contribution in [1.29, 1.82) is 0 Å². The molecule has 0 fully saturated rings. The van der Waals surface area contributed by atoms with Crippen LogP contribution < -0.4 is 10.2 Å². The maximum atomic E-state index is 12.8. The van der Waals surface area contributed by atoms with E-state index in [4.69, 9.17) is 9.05 Å². The quantitative estimate of drug-likeness (QED) is 0.0282. The van der Waals surface area contributed by atoms with Crippen molar-refractivity contribution in [2.45, 2.75) is 174 Å². The number of aliphatic hydroxyl groups is 1. The minimum Gasteiger partial charge on any atom is -0.756 e. The summed E-state index contributed by atoms with van der Waals surface area (Å²) in [6, 6.07) is -0.909. The number of unbranched alkanes of at least 4 members (excludes halogenated alkanes) is 16. The van der Waals surface area contributed by atoms with Gasteiger partial charge in [0.15, 0.2) is 0 Å². The van der Waals surface area contributed by atoms with Gasteiger partial charge in [0.25, 0.3) is 7.82 Å². The van der Waals surface area contributed by atoms with E-state index < -0.39 is 26.6 Å². The lowest BCUT2D eigenvalue weighted by Crippen LogP contribution is -2.45. The van der Waals surface area contributed by atoms with Gasteiger partial charge in [-0.15, -0.1) is 0 Å². The summed E-state index contributed by atoms with van der Waals surface area (Å²) in [6.07, 6.45) is 45.5. The molecule has 0 radical (unpaired) electrons. The number of carbonyl (C=O) groups is 1. The second kappa shape index (κ2) is 35.9. The number of hydrogen-bond donors (Lipinski definition) is 2. The first-order valence-corrected chi connectivity index (χ1v) is 22.6. The van der Waals surface area contributed by atoms with Crippen LogP contribution in [0.15, 0.2) is 60.8 Å². The van der Waals surface area contributed by atoms with Gasteiger partial charge in [0, 0.05) is 6.42 Å².